The molecule has 1 aliphatic rings. The first kappa shape index (κ1) is 16.9. The Labute approximate surface area is 139 Å². The monoisotopic (exact) mass is 355 g/mol. The predicted molar refractivity (Wildman–Crippen MR) is 76.3 cm³/mol. The number of halogens is 3. The molecule has 1 aliphatic heterocycles. The molecule has 1 saturated heterocycles. The number of pyridine rings is 1. The van der Waals surface area contributed by atoms with Crippen LogP contribution in [-0.4, -0.2) is 51.3 Å². The number of carbonyl (C=O) groups is 2. The molecule has 10 heteroatoms. The van der Waals surface area contributed by atoms with E-state index in [4.69, 9.17) is 9.63 Å². The Morgan fingerprint density at radius 3 is 2.56 bits per heavy atom. The maximum atomic E-state index is 13.0. The molecule has 25 heavy (non-hydrogen) atoms. The van der Waals surface area contributed by atoms with Crippen LogP contribution in [0.15, 0.2) is 35.0 Å². The van der Waals surface area contributed by atoms with E-state index in [0.717, 1.165) is 4.90 Å². The number of amides is 1. The Balaban J connectivity index is 1.80. The third kappa shape index (κ3) is 3.32. The predicted octanol–water partition coefficient (Wildman–Crippen LogP) is 2.07. The van der Waals surface area contributed by atoms with Gasteiger partial charge >= 0.3 is 12.1 Å². The molecule has 1 N–H and O–H groups in total. The van der Waals surface area contributed by atoms with Gasteiger partial charge in [-0.25, -0.2) is 0 Å². The Hall–Kier alpha value is -2.91. The number of hydrogen-bond acceptors (Lipinski definition) is 5. The minimum absolute atomic E-state index is 0.255. The standard InChI is InChI=1S/C15H12F3N3O4/c16-15(17,18)9-7-21(6-8(9)14(23)24)13(22)12-5-11(20-25-12)10-3-1-2-4-19-10/h1-5,8-9H,6-7H2,(H,23,24)/t8-,9-/m1/s1. The number of nitrogens with zero attached hydrogens (tertiary/aromatic N) is 3. The van der Waals surface area contributed by atoms with Crippen LogP contribution in [0.1, 0.15) is 10.6 Å². The van der Waals surface area contributed by atoms with Gasteiger partial charge in [-0.1, -0.05) is 11.2 Å². The summed E-state index contributed by atoms with van der Waals surface area (Å²) < 4.78 is 43.9. The molecule has 1 amide bonds. The van der Waals surface area contributed by atoms with Crippen molar-refractivity contribution in [1.82, 2.24) is 15.0 Å². The second kappa shape index (κ2) is 6.19. The van der Waals surface area contributed by atoms with E-state index in [0.29, 0.717) is 5.69 Å². The van der Waals surface area contributed by atoms with Gasteiger partial charge in [-0.05, 0) is 12.1 Å². The molecule has 0 aliphatic carbocycles. The van der Waals surface area contributed by atoms with Gasteiger partial charge in [0.15, 0.2) is 0 Å². The van der Waals surface area contributed by atoms with E-state index in [1.807, 2.05) is 0 Å². The second-order valence-corrected chi connectivity index (χ2v) is 5.59. The highest BCUT2D eigenvalue weighted by molar-refractivity contribution is 5.93. The number of likely N-dealkylation sites (tertiary alicyclic amines) is 1. The summed E-state index contributed by atoms with van der Waals surface area (Å²) in [5, 5.41) is 12.7. The molecule has 1 fully saturated rings. The molecule has 7 nitrogen and oxygen atoms in total. The summed E-state index contributed by atoms with van der Waals surface area (Å²) in [5.41, 5.74) is 0.689. The normalized spacial score (nSPS) is 20.7. The lowest BCUT2D eigenvalue weighted by Gasteiger charge is -2.17. The SMILES string of the molecule is O=C(O)[C@@H]1CN(C(=O)c2cc(-c3ccccn3)no2)C[C@H]1C(F)(F)F. The second-order valence-electron chi connectivity index (χ2n) is 5.59. The van der Waals surface area contributed by atoms with Crippen molar-refractivity contribution in [2.24, 2.45) is 11.8 Å². The molecule has 0 spiro atoms. The molecule has 3 heterocycles. The molecule has 2 atom stereocenters. The molecule has 0 aromatic carbocycles. The minimum atomic E-state index is -4.71. The number of carboxylic acids is 1. The Bertz CT molecular complexity index is 791. The molecule has 3 rings (SSSR count). The van der Waals surface area contributed by atoms with Gasteiger partial charge in [0.05, 0.1) is 17.5 Å². The van der Waals surface area contributed by atoms with E-state index < -0.39 is 43.0 Å². The zero-order chi connectivity index (χ0) is 18.2. The molecule has 132 valence electrons. The van der Waals surface area contributed by atoms with Crippen molar-refractivity contribution in [1.29, 1.82) is 0 Å². The van der Waals surface area contributed by atoms with E-state index in [2.05, 4.69) is 10.1 Å². The maximum Gasteiger partial charge on any atom is 0.394 e. The minimum Gasteiger partial charge on any atom is -0.481 e. The van der Waals surface area contributed by atoms with E-state index >= 15 is 0 Å². The van der Waals surface area contributed by atoms with E-state index in [-0.39, 0.29) is 11.5 Å². The van der Waals surface area contributed by atoms with Gasteiger partial charge in [0.25, 0.3) is 5.91 Å². The van der Waals surface area contributed by atoms with E-state index in [1.54, 1.807) is 18.2 Å². The van der Waals surface area contributed by atoms with Crippen molar-refractivity contribution in [3.63, 3.8) is 0 Å². The first-order chi connectivity index (χ1) is 11.8. The van der Waals surface area contributed by atoms with Crippen LogP contribution in [0.2, 0.25) is 0 Å². The molecular weight excluding hydrogens is 343 g/mol. The van der Waals surface area contributed by atoms with E-state index in [1.165, 1.54) is 12.3 Å². The fraction of sp³-hybridized carbons (Fsp3) is 0.333. The summed E-state index contributed by atoms with van der Waals surface area (Å²) in [6.07, 6.45) is -3.20. The van der Waals surface area contributed by atoms with Crippen LogP contribution in [0, 0.1) is 11.8 Å². The van der Waals surface area contributed by atoms with Gasteiger partial charge in [0.1, 0.15) is 5.69 Å². The van der Waals surface area contributed by atoms with Crippen LogP contribution in [0.3, 0.4) is 0 Å². The van der Waals surface area contributed by atoms with Crippen molar-refractivity contribution in [3.05, 3.63) is 36.2 Å². The van der Waals surface area contributed by atoms with Gasteiger partial charge in [-0.15, -0.1) is 0 Å². The molecular formula is C15H12F3N3O4. The Morgan fingerprint density at radius 1 is 1.24 bits per heavy atom. The van der Waals surface area contributed by atoms with Crippen LogP contribution >= 0.6 is 0 Å². The molecule has 0 radical (unpaired) electrons. The van der Waals surface area contributed by atoms with Crippen LogP contribution in [0.5, 0.6) is 0 Å². The molecule has 0 unspecified atom stereocenters. The fourth-order valence-electron chi connectivity index (χ4n) is 2.72. The fourth-order valence-corrected chi connectivity index (χ4v) is 2.72. The number of rotatable bonds is 3. The summed E-state index contributed by atoms with van der Waals surface area (Å²) in [6, 6.07) is 6.27. The average Bonchev–Trinajstić information content (AvgIpc) is 3.22. The highest BCUT2D eigenvalue weighted by Crippen LogP contribution is 2.38. The van der Waals surface area contributed by atoms with Crippen molar-refractivity contribution >= 4 is 11.9 Å². The van der Waals surface area contributed by atoms with Crippen molar-refractivity contribution < 1.29 is 32.4 Å². The van der Waals surface area contributed by atoms with Gasteiger partial charge < -0.3 is 14.5 Å². The summed E-state index contributed by atoms with van der Waals surface area (Å²) in [5.74, 6) is -6.53. The summed E-state index contributed by atoms with van der Waals surface area (Å²) >= 11 is 0. The summed E-state index contributed by atoms with van der Waals surface area (Å²) in [7, 11) is 0. The average molecular weight is 355 g/mol. The Morgan fingerprint density at radius 2 is 2.00 bits per heavy atom. The quantitative estimate of drug-likeness (QED) is 0.905. The molecule has 2 aromatic rings. The smallest absolute Gasteiger partial charge is 0.394 e. The van der Waals surface area contributed by atoms with Crippen molar-refractivity contribution in [2.75, 3.05) is 13.1 Å². The van der Waals surface area contributed by atoms with Crippen LogP contribution < -0.4 is 0 Å². The van der Waals surface area contributed by atoms with Gasteiger partial charge in [-0.3, -0.25) is 14.6 Å². The van der Waals surface area contributed by atoms with Gasteiger partial charge in [0, 0.05) is 25.4 Å². The first-order valence-corrected chi connectivity index (χ1v) is 7.24. The Kier molecular flexibility index (Phi) is 4.19. The lowest BCUT2D eigenvalue weighted by molar-refractivity contribution is -0.187. The number of alkyl halides is 3. The first-order valence-electron chi connectivity index (χ1n) is 7.24. The highest BCUT2D eigenvalue weighted by atomic mass is 19.4. The number of aliphatic carboxylic acids is 1. The largest absolute Gasteiger partial charge is 0.481 e. The topological polar surface area (TPSA) is 96.5 Å². The number of carbonyl (C=O) groups excluding carboxylic acids is 1. The molecule has 0 saturated carbocycles. The van der Waals surface area contributed by atoms with Gasteiger partial charge in [0.2, 0.25) is 5.76 Å². The van der Waals surface area contributed by atoms with E-state index in [9.17, 15) is 22.8 Å². The lowest BCUT2D eigenvalue weighted by Crippen LogP contribution is -2.34. The number of carboxylic acid groups (broad SMARTS) is 1. The number of hydrogen-bond donors (Lipinski definition) is 1. The zero-order valence-electron chi connectivity index (χ0n) is 12.6. The maximum absolute atomic E-state index is 13.0. The number of aromatic nitrogens is 2. The van der Waals surface area contributed by atoms with Gasteiger partial charge in [-0.2, -0.15) is 13.2 Å². The molecule has 2 aromatic heterocycles. The van der Waals surface area contributed by atoms with Crippen LogP contribution in [0.25, 0.3) is 11.4 Å². The van der Waals surface area contributed by atoms with Crippen LogP contribution in [-0.2, 0) is 4.79 Å². The zero-order valence-corrected chi connectivity index (χ0v) is 12.6. The van der Waals surface area contributed by atoms with Crippen molar-refractivity contribution in [2.45, 2.75) is 6.18 Å². The summed E-state index contributed by atoms with van der Waals surface area (Å²) in [4.78, 5) is 28.3. The third-order valence-electron chi connectivity index (χ3n) is 3.99. The lowest BCUT2D eigenvalue weighted by atomic mass is 9.96. The van der Waals surface area contributed by atoms with Crippen molar-refractivity contribution in [3.8, 4) is 11.4 Å². The highest BCUT2D eigenvalue weighted by Gasteiger charge is 2.53. The molecule has 0 bridgehead atoms. The van der Waals surface area contributed by atoms with Crippen LogP contribution in [0.4, 0.5) is 13.2 Å². The third-order valence-corrected chi connectivity index (χ3v) is 3.99. The summed E-state index contributed by atoms with van der Waals surface area (Å²) in [6.45, 7) is -1.28.